The van der Waals surface area contributed by atoms with Crippen molar-refractivity contribution in [2.75, 3.05) is 44.6 Å². The Kier molecular flexibility index (Phi) is 8.92. The Morgan fingerprint density at radius 3 is 2.35 bits per heavy atom. The maximum Gasteiger partial charge on any atom is 0.319 e. The lowest BCUT2D eigenvalue weighted by Gasteiger charge is -2.32. The number of carbonyl (C=O) groups is 1. The maximum absolute atomic E-state index is 12.2. The minimum Gasteiger partial charge on any atom is -0.335 e. The van der Waals surface area contributed by atoms with Crippen LogP contribution in [0.5, 0.6) is 0 Å². The van der Waals surface area contributed by atoms with Crippen molar-refractivity contribution in [2.45, 2.75) is 52.5 Å². The minimum absolute atomic E-state index is 0.0881. The van der Waals surface area contributed by atoms with Crippen LogP contribution in [0.15, 0.2) is 24.3 Å². The van der Waals surface area contributed by atoms with Gasteiger partial charge < -0.3 is 20.4 Å². The molecule has 2 N–H and O–H groups in total. The van der Waals surface area contributed by atoms with Crippen LogP contribution in [0.2, 0.25) is 0 Å². The molecule has 0 bridgehead atoms. The molecular formula is C21H36N4O. The van der Waals surface area contributed by atoms with E-state index in [1.165, 1.54) is 18.5 Å². The van der Waals surface area contributed by atoms with Crippen LogP contribution < -0.4 is 10.6 Å². The van der Waals surface area contributed by atoms with Crippen molar-refractivity contribution < 1.29 is 4.79 Å². The van der Waals surface area contributed by atoms with Gasteiger partial charge in [-0.3, -0.25) is 0 Å². The van der Waals surface area contributed by atoms with Crippen molar-refractivity contribution in [1.82, 2.24) is 15.1 Å². The number of urea groups is 1. The molecule has 0 aliphatic carbocycles. The van der Waals surface area contributed by atoms with Crippen LogP contribution in [-0.4, -0.2) is 61.1 Å². The van der Waals surface area contributed by atoms with Crippen molar-refractivity contribution in [2.24, 2.45) is 0 Å². The summed E-state index contributed by atoms with van der Waals surface area (Å²) in [4.78, 5) is 17.1. The van der Waals surface area contributed by atoms with Gasteiger partial charge in [0, 0.05) is 31.4 Å². The van der Waals surface area contributed by atoms with Gasteiger partial charge in [0.25, 0.3) is 0 Å². The molecule has 2 rings (SSSR count). The Morgan fingerprint density at radius 1 is 1.12 bits per heavy atom. The third-order valence-electron chi connectivity index (χ3n) is 5.29. The van der Waals surface area contributed by atoms with Crippen molar-refractivity contribution in [3.8, 4) is 0 Å². The molecule has 146 valence electrons. The highest BCUT2D eigenvalue weighted by molar-refractivity contribution is 5.89. The number of benzene rings is 1. The summed E-state index contributed by atoms with van der Waals surface area (Å²) in [5, 5.41) is 6.08. The standard InChI is InChI=1S/C21H36N4O/c1-4-14-25-16-12-20(13-17-25)23-21(26)22-19-9-7-18(8-10-19)11-15-24(5-2)6-3/h7-10,20H,4-6,11-17H2,1-3H3,(H2,22,23,26). The summed E-state index contributed by atoms with van der Waals surface area (Å²) >= 11 is 0. The van der Waals surface area contributed by atoms with Crippen LogP contribution in [0.1, 0.15) is 45.6 Å². The fourth-order valence-electron chi connectivity index (χ4n) is 3.55. The third kappa shape index (κ3) is 6.96. The lowest BCUT2D eigenvalue weighted by Crippen LogP contribution is -2.46. The van der Waals surface area contributed by atoms with Crippen LogP contribution in [0, 0.1) is 0 Å². The first-order chi connectivity index (χ1) is 12.6. The van der Waals surface area contributed by atoms with Crippen LogP contribution in [-0.2, 0) is 6.42 Å². The lowest BCUT2D eigenvalue weighted by molar-refractivity contribution is 0.196. The molecule has 1 aliphatic rings. The number of carbonyl (C=O) groups excluding carboxylic acids is 1. The van der Waals surface area contributed by atoms with E-state index >= 15 is 0 Å². The van der Waals surface area contributed by atoms with Gasteiger partial charge in [-0.1, -0.05) is 32.9 Å². The van der Waals surface area contributed by atoms with Crippen molar-refractivity contribution in [3.05, 3.63) is 29.8 Å². The van der Waals surface area contributed by atoms with Gasteiger partial charge in [0.2, 0.25) is 0 Å². The third-order valence-corrected chi connectivity index (χ3v) is 5.29. The zero-order valence-corrected chi connectivity index (χ0v) is 16.8. The van der Waals surface area contributed by atoms with E-state index in [0.29, 0.717) is 0 Å². The van der Waals surface area contributed by atoms with E-state index in [1.54, 1.807) is 0 Å². The number of amides is 2. The molecule has 5 heteroatoms. The molecule has 0 unspecified atom stereocenters. The molecule has 1 fully saturated rings. The summed E-state index contributed by atoms with van der Waals surface area (Å²) in [5.41, 5.74) is 2.17. The van der Waals surface area contributed by atoms with Gasteiger partial charge in [-0.25, -0.2) is 4.79 Å². The zero-order valence-electron chi connectivity index (χ0n) is 16.8. The Labute approximate surface area is 159 Å². The molecule has 1 saturated heterocycles. The molecule has 5 nitrogen and oxygen atoms in total. The Hall–Kier alpha value is -1.59. The number of anilines is 1. The van der Waals surface area contributed by atoms with Crippen LogP contribution in [0.25, 0.3) is 0 Å². The van der Waals surface area contributed by atoms with Crippen LogP contribution in [0.4, 0.5) is 10.5 Å². The normalized spacial score (nSPS) is 16.0. The van der Waals surface area contributed by atoms with Gasteiger partial charge in [0.05, 0.1) is 0 Å². The van der Waals surface area contributed by atoms with Gasteiger partial charge in [0.1, 0.15) is 0 Å². The van der Waals surface area contributed by atoms with E-state index in [9.17, 15) is 4.79 Å². The Bertz CT molecular complexity index is 519. The van der Waals surface area contributed by atoms with E-state index < -0.39 is 0 Å². The number of likely N-dealkylation sites (tertiary alicyclic amines) is 1. The first-order valence-electron chi connectivity index (χ1n) is 10.3. The van der Waals surface area contributed by atoms with Crippen molar-refractivity contribution in [3.63, 3.8) is 0 Å². The van der Waals surface area contributed by atoms with Crippen LogP contribution >= 0.6 is 0 Å². The summed E-state index contributed by atoms with van der Waals surface area (Å²) < 4.78 is 0. The predicted molar refractivity (Wildman–Crippen MR) is 110 cm³/mol. The van der Waals surface area contributed by atoms with E-state index in [1.807, 2.05) is 12.1 Å². The number of rotatable bonds is 9. The maximum atomic E-state index is 12.2. The average Bonchev–Trinajstić information content (AvgIpc) is 2.65. The molecule has 0 saturated carbocycles. The number of likely N-dealkylation sites (N-methyl/N-ethyl adjacent to an activating group) is 1. The largest absolute Gasteiger partial charge is 0.335 e. The van der Waals surface area contributed by atoms with Gasteiger partial charge >= 0.3 is 6.03 Å². The first-order valence-corrected chi connectivity index (χ1v) is 10.3. The Balaban J connectivity index is 1.72. The molecule has 26 heavy (non-hydrogen) atoms. The summed E-state index contributed by atoms with van der Waals surface area (Å²) in [6.45, 7) is 13.2. The molecule has 2 amide bonds. The quantitative estimate of drug-likeness (QED) is 0.708. The van der Waals surface area contributed by atoms with E-state index in [2.05, 4.69) is 53.3 Å². The lowest BCUT2D eigenvalue weighted by atomic mass is 10.1. The molecule has 1 heterocycles. The monoisotopic (exact) mass is 360 g/mol. The predicted octanol–water partition coefficient (Wildman–Crippen LogP) is 3.57. The second-order valence-corrected chi connectivity index (χ2v) is 7.19. The minimum atomic E-state index is -0.0881. The molecular weight excluding hydrogens is 324 g/mol. The van der Waals surface area contributed by atoms with Crippen LogP contribution in [0.3, 0.4) is 0 Å². The molecule has 1 aliphatic heterocycles. The van der Waals surface area contributed by atoms with Crippen molar-refractivity contribution in [1.29, 1.82) is 0 Å². The smallest absolute Gasteiger partial charge is 0.319 e. The SMILES string of the molecule is CCCN1CCC(NC(=O)Nc2ccc(CCN(CC)CC)cc2)CC1. The molecule has 0 radical (unpaired) electrons. The number of hydrogen-bond donors (Lipinski definition) is 2. The molecule has 0 aromatic heterocycles. The summed E-state index contributed by atoms with van der Waals surface area (Å²) in [6.07, 6.45) is 4.32. The Morgan fingerprint density at radius 2 is 1.77 bits per heavy atom. The van der Waals surface area contributed by atoms with E-state index in [4.69, 9.17) is 0 Å². The topological polar surface area (TPSA) is 47.6 Å². The fraction of sp³-hybridized carbons (Fsp3) is 0.667. The van der Waals surface area contributed by atoms with Gasteiger partial charge in [0.15, 0.2) is 0 Å². The fourth-order valence-corrected chi connectivity index (χ4v) is 3.55. The summed E-state index contributed by atoms with van der Waals surface area (Å²) in [7, 11) is 0. The number of hydrogen-bond acceptors (Lipinski definition) is 3. The number of nitrogens with one attached hydrogen (secondary N) is 2. The van der Waals surface area contributed by atoms with Gasteiger partial charge in [-0.15, -0.1) is 0 Å². The highest BCUT2D eigenvalue weighted by atomic mass is 16.2. The highest BCUT2D eigenvalue weighted by Crippen LogP contribution is 2.13. The van der Waals surface area contributed by atoms with Crippen molar-refractivity contribution >= 4 is 11.7 Å². The molecule has 1 aromatic carbocycles. The summed E-state index contributed by atoms with van der Waals surface area (Å²) in [5.74, 6) is 0. The molecule has 0 spiro atoms. The zero-order chi connectivity index (χ0) is 18.8. The highest BCUT2D eigenvalue weighted by Gasteiger charge is 2.19. The van der Waals surface area contributed by atoms with Gasteiger partial charge in [-0.2, -0.15) is 0 Å². The number of nitrogens with zero attached hydrogens (tertiary/aromatic N) is 2. The summed E-state index contributed by atoms with van der Waals surface area (Å²) in [6, 6.07) is 8.43. The number of piperidine rings is 1. The second-order valence-electron chi connectivity index (χ2n) is 7.19. The average molecular weight is 361 g/mol. The van der Waals surface area contributed by atoms with E-state index in [-0.39, 0.29) is 12.1 Å². The second kappa shape index (κ2) is 11.2. The first kappa shape index (κ1) is 20.7. The molecule has 0 atom stereocenters. The van der Waals surface area contributed by atoms with E-state index in [0.717, 1.165) is 57.7 Å². The van der Waals surface area contributed by atoms with Gasteiger partial charge in [-0.05, 0) is 63.0 Å². The molecule has 1 aromatic rings.